The molecule has 0 unspecified atom stereocenters. The summed E-state index contributed by atoms with van der Waals surface area (Å²) in [6, 6.07) is 13.0. The smallest absolute Gasteiger partial charge is 0.337 e. The number of nitrogens with one attached hydrogen (secondary N) is 2. The molecule has 8 nitrogen and oxygen atoms in total. The van der Waals surface area contributed by atoms with Gasteiger partial charge in [0.2, 0.25) is 0 Å². The molecular formula is C19H19N3O5. The van der Waals surface area contributed by atoms with Crippen molar-refractivity contribution >= 4 is 29.7 Å². The molecule has 0 spiro atoms. The van der Waals surface area contributed by atoms with E-state index in [1.54, 1.807) is 55.6 Å². The van der Waals surface area contributed by atoms with E-state index in [1.165, 1.54) is 13.3 Å². The van der Waals surface area contributed by atoms with Gasteiger partial charge in [-0.15, -0.1) is 0 Å². The summed E-state index contributed by atoms with van der Waals surface area (Å²) in [4.78, 5) is 39.5. The van der Waals surface area contributed by atoms with Gasteiger partial charge in [0.05, 0.1) is 18.9 Å². The molecule has 0 heterocycles. The molecular weight excluding hydrogens is 350 g/mol. The molecule has 140 valence electrons. The van der Waals surface area contributed by atoms with Crippen LogP contribution in [0.15, 0.2) is 53.7 Å². The van der Waals surface area contributed by atoms with Crippen molar-refractivity contribution in [1.82, 2.24) is 5.32 Å². The number of carbonyl (C=O) groups is 3. The van der Waals surface area contributed by atoms with Gasteiger partial charge in [-0.1, -0.05) is 17.3 Å². The van der Waals surface area contributed by atoms with E-state index in [0.29, 0.717) is 22.4 Å². The molecule has 0 radical (unpaired) electrons. The monoisotopic (exact) mass is 369 g/mol. The van der Waals surface area contributed by atoms with Crippen LogP contribution in [0.3, 0.4) is 0 Å². The Hall–Kier alpha value is -3.68. The average Bonchev–Trinajstić information content (AvgIpc) is 2.71. The minimum Gasteiger partial charge on any atom is -0.465 e. The van der Waals surface area contributed by atoms with E-state index in [4.69, 9.17) is 4.84 Å². The molecule has 8 heteroatoms. The van der Waals surface area contributed by atoms with Crippen molar-refractivity contribution in [3.05, 3.63) is 65.2 Å². The molecule has 0 aliphatic rings. The number of nitrogens with zero attached hydrogens (tertiary/aromatic N) is 1. The highest BCUT2D eigenvalue weighted by Crippen LogP contribution is 2.09. The summed E-state index contributed by atoms with van der Waals surface area (Å²) in [5.41, 5.74) is 2.17. The molecule has 0 aromatic heterocycles. The summed E-state index contributed by atoms with van der Waals surface area (Å²) in [6.07, 6.45) is 1.42. The van der Waals surface area contributed by atoms with Gasteiger partial charge in [-0.25, -0.2) is 4.79 Å². The van der Waals surface area contributed by atoms with Gasteiger partial charge in [-0.2, -0.15) is 0 Å². The van der Waals surface area contributed by atoms with Crippen molar-refractivity contribution in [2.24, 2.45) is 5.16 Å². The summed E-state index contributed by atoms with van der Waals surface area (Å²) in [7, 11) is 2.86. The maximum Gasteiger partial charge on any atom is 0.337 e. The molecule has 27 heavy (non-hydrogen) atoms. The average molecular weight is 369 g/mol. The summed E-state index contributed by atoms with van der Waals surface area (Å²) in [5.74, 6) is -1.01. The fourth-order valence-corrected chi connectivity index (χ4v) is 2.06. The summed E-state index contributed by atoms with van der Waals surface area (Å²) in [6.45, 7) is -0.270. The normalized spacial score (nSPS) is 10.3. The fourth-order valence-electron chi connectivity index (χ4n) is 2.06. The zero-order valence-corrected chi connectivity index (χ0v) is 14.9. The summed E-state index contributed by atoms with van der Waals surface area (Å²) >= 11 is 0. The number of oxime groups is 1. The minimum atomic E-state index is -0.422. The maximum atomic E-state index is 11.8. The zero-order chi connectivity index (χ0) is 19.6. The second-order valence-electron chi connectivity index (χ2n) is 5.33. The van der Waals surface area contributed by atoms with Gasteiger partial charge in [0.1, 0.15) is 0 Å². The quantitative estimate of drug-likeness (QED) is 0.440. The number of rotatable bonds is 7. The highest BCUT2D eigenvalue weighted by Gasteiger charge is 2.06. The number of ether oxygens (including phenoxy) is 1. The van der Waals surface area contributed by atoms with E-state index in [-0.39, 0.29) is 18.4 Å². The van der Waals surface area contributed by atoms with Crippen LogP contribution in [0.5, 0.6) is 0 Å². The van der Waals surface area contributed by atoms with Crippen molar-refractivity contribution in [2.75, 3.05) is 26.1 Å². The van der Waals surface area contributed by atoms with Crippen molar-refractivity contribution in [3.63, 3.8) is 0 Å². The molecule has 0 bridgehead atoms. The van der Waals surface area contributed by atoms with Crippen LogP contribution in [0.4, 0.5) is 5.69 Å². The second-order valence-corrected chi connectivity index (χ2v) is 5.33. The Morgan fingerprint density at radius 2 is 1.63 bits per heavy atom. The molecule has 2 amide bonds. The van der Waals surface area contributed by atoms with Crippen molar-refractivity contribution < 1.29 is 24.0 Å². The number of carbonyl (C=O) groups excluding carboxylic acids is 3. The molecule has 0 fully saturated rings. The molecule has 0 aliphatic carbocycles. The third-order valence-corrected chi connectivity index (χ3v) is 3.46. The Balaban J connectivity index is 1.79. The Kier molecular flexibility index (Phi) is 7.07. The molecule has 2 aromatic rings. The van der Waals surface area contributed by atoms with E-state index < -0.39 is 5.97 Å². The topological polar surface area (TPSA) is 106 Å². The fraction of sp³-hybridized carbons (Fsp3) is 0.158. The van der Waals surface area contributed by atoms with Gasteiger partial charge < -0.3 is 20.2 Å². The number of hydrogen-bond acceptors (Lipinski definition) is 6. The molecule has 2 N–H and O–H groups in total. The Bertz CT molecular complexity index is 829. The van der Waals surface area contributed by atoms with Gasteiger partial charge in [-0.05, 0) is 42.0 Å². The van der Waals surface area contributed by atoms with Gasteiger partial charge in [0.15, 0.2) is 6.61 Å². The first-order chi connectivity index (χ1) is 13.0. The first-order valence-electron chi connectivity index (χ1n) is 7.99. The molecule has 0 atom stereocenters. The molecule has 0 saturated carbocycles. The summed E-state index contributed by atoms with van der Waals surface area (Å²) < 4.78 is 4.61. The Morgan fingerprint density at radius 3 is 2.22 bits per heavy atom. The zero-order valence-electron chi connectivity index (χ0n) is 14.9. The van der Waals surface area contributed by atoms with Gasteiger partial charge in [0, 0.05) is 18.3 Å². The van der Waals surface area contributed by atoms with Crippen molar-refractivity contribution in [3.8, 4) is 0 Å². The lowest BCUT2D eigenvalue weighted by molar-refractivity contribution is -0.120. The van der Waals surface area contributed by atoms with E-state index in [0.717, 1.165) is 0 Å². The van der Waals surface area contributed by atoms with E-state index in [2.05, 4.69) is 20.5 Å². The van der Waals surface area contributed by atoms with E-state index in [1.807, 2.05) is 0 Å². The maximum absolute atomic E-state index is 11.8. The number of benzene rings is 2. The van der Waals surface area contributed by atoms with Gasteiger partial charge >= 0.3 is 5.97 Å². The summed E-state index contributed by atoms with van der Waals surface area (Å²) in [5, 5.41) is 8.86. The van der Waals surface area contributed by atoms with Crippen LogP contribution < -0.4 is 10.6 Å². The van der Waals surface area contributed by atoms with Crippen LogP contribution in [-0.4, -0.2) is 44.8 Å². The van der Waals surface area contributed by atoms with Crippen LogP contribution in [-0.2, 0) is 14.4 Å². The highest BCUT2D eigenvalue weighted by atomic mass is 16.6. The first kappa shape index (κ1) is 19.6. The Labute approximate surface area is 156 Å². The number of esters is 1. The lowest BCUT2D eigenvalue weighted by Gasteiger charge is -2.05. The largest absolute Gasteiger partial charge is 0.465 e. The molecule has 2 rings (SSSR count). The molecule has 0 saturated heterocycles. The SMILES string of the molecule is CNC(=O)c1ccc(NC(=O)CO/N=C/c2ccc(C(=O)OC)cc2)cc1. The Morgan fingerprint density at radius 1 is 1.00 bits per heavy atom. The lowest BCUT2D eigenvalue weighted by atomic mass is 10.1. The van der Waals surface area contributed by atoms with Crippen LogP contribution in [0.1, 0.15) is 26.3 Å². The van der Waals surface area contributed by atoms with E-state index in [9.17, 15) is 14.4 Å². The van der Waals surface area contributed by atoms with Crippen molar-refractivity contribution in [1.29, 1.82) is 0 Å². The van der Waals surface area contributed by atoms with Crippen LogP contribution >= 0.6 is 0 Å². The van der Waals surface area contributed by atoms with Crippen LogP contribution in [0.25, 0.3) is 0 Å². The third-order valence-electron chi connectivity index (χ3n) is 3.46. The predicted molar refractivity (Wildman–Crippen MR) is 99.8 cm³/mol. The van der Waals surface area contributed by atoms with Gasteiger partial charge in [-0.3, -0.25) is 9.59 Å². The number of hydrogen-bond donors (Lipinski definition) is 2. The van der Waals surface area contributed by atoms with E-state index >= 15 is 0 Å². The minimum absolute atomic E-state index is 0.204. The predicted octanol–water partition coefficient (Wildman–Crippen LogP) is 1.82. The third kappa shape index (κ3) is 5.96. The van der Waals surface area contributed by atoms with Gasteiger partial charge in [0.25, 0.3) is 11.8 Å². The number of amides is 2. The highest BCUT2D eigenvalue weighted by molar-refractivity contribution is 5.96. The van der Waals surface area contributed by atoms with Crippen LogP contribution in [0, 0.1) is 0 Å². The first-order valence-corrected chi connectivity index (χ1v) is 7.99. The molecule has 0 aliphatic heterocycles. The number of methoxy groups -OCH3 is 1. The second kappa shape index (κ2) is 9.71. The molecule has 2 aromatic carbocycles. The lowest BCUT2D eigenvalue weighted by Crippen LogP contribution is -2.19. The van der Waals surface area contributed by atoms with Crippen molar-refractivity contribution in [2.45, 2.75) is 0 Å². The van der Waals surface area contributed by atoms with Crippen LogP contribution in [0.2, 0.25) is 0 Å². The number of anilines is 1. The standard InChI is InChI=1S/C19H19N3O5/c1-20-18(24)14-7-9-16(10-8-14)22-17(23)12-27-21-11-13-3-5-15(6-4-13)19(25)26-2/h3-11H,12H2,1-2H3,(H,20,24)(H,22,23)/b21-11+.